The zero-order chi connectivity index (χ0) is 16.7. The number of rotatable bonds is 6. The molecule has 7 nitrogen and oxygen atoms in total. The van der Waals surface area contributed by atoms with Crippen LogP contribution in [-0.2, 0) is 9.59 Å². The average Bonchev–Trinajstić information content (AvgIpc) is 2.54. The SMILES string of the molecule is C=NN(C(=O)CNc1cccc(NC(C)=O)c1)c1ccncc1. The van der Waals surface area contributed by atoms with Gasteiger partial charge in [0.25, 0.3) is 5.91 Å². The quantitative estimate of drug-likeness (QED) is 0.632. The van der Waals surface area contributed by atoms with E-state index < -0.39 is 0 Å². The summed E-state index contributed by atoms with van der Waals surface area (Å²) >= 11 is 0. The molecular weight excluding hydrogens is 294 g/mol. The van der Waals surface area contributed by atoms with E-state index in [0.717, 1.165) is 0 Å². The van der Waals surface area contributed by atoms with Gasteiger partial charge in [-0.3, -0.25) is 14.6 Å². The van der Waals surface area contributed by atoms with E-state index >= 15 is 0 Å². The number of amides is 2. The maximum absolute atomic E-state index is 12.3. The van der Waals surface area contributed by atoms with Gasteiger partial charge >= 0.3 is 0 Å². The smallest absolute Gasteiger partial charge is 0.266 e. The first-order valence-electron chi connectivity index (χ1n) is 6.91. The molecule has 0 aliphatic carbocycles. The van der Waals surface area contributed by atoms with Crippen molar-refractivity contribution >= 4 is 35.6 Å². The van der Waals surface area contributed by atoms with Crippen LogP contribution in [0.5, 0.6) is 0 Å². The van der Waals surface area contributed by atoms with Crippen LogP contribution in [-0.4, -0.2) is 30.1 Å². The summed E-state index contributed by atoms with van der Waals surface area (Å²) in [6.45, 7) is 4.89. The van der Waals surface area contributed by atoms with Crippen LogP contribution in [0.1, 0.15) is 6.92 Å². The molecule has 1 heterocycles. The highest BCUT2D eigenvalue weighted by Crippen LogP contribution is 2.16. The predicted octanol–water partition coefficient (Wildman–Crippen LogP) is 2.10. The van der Waals surface area contributed by atoms with Gasteiger partial charge in [0.05, 0.1) is 12.2 Å². The van der Waals surface area contributed by atoms with Gasteiger partial charge in [0.15, 0.2) is 0 Å². The van der Waals surface area contributed by atoms with Crippen molar-refractivity contribution in [2.24, 2.45) is 5.10 Å². The van der Waals surface area contributed by atoms with Crippen molar-refractivity contribution in [3.05, 3.63) is 48.8 Å². The molecule has 0 spiro atoms. The predicted molar refractivity (Wildman–Crippen MR) is 90.5 cm³/mol. The molecule has 23 heavy (non-hydrogen) atoms. The Balaban J connectivity index is 2.01. The summed E-state index contributed by atoms with van der Waals surface area (Å²) < 4.78 is 0. The number of aromatic nitrogens is 1. The summed E-state index contributed by atoms with van der Waals surface area (Å²) in [7, 11) is 0. The lowest BCUT2D eigenvalue weighted by Gasteiger charge is -2.17. The third-order valence-electron chi connectivity index (χ3n) is 2.91. The van der Waals surface area contributed by atoms with Crippen molar-refractivity contribution in [1.82, 2.24) is 4.98 Å². The molecule has 2 aromatic rings. The molecule has 2 rings (SSSR count). The largest absolute Gasteiger partial charge is 0.376 e. The van der Waals surface area contributed by atoms with Crippen molar-refractivity contribution in [2.45, 2.75) is 6.92 Å². The Labute approximate surface area is 134 Å². The third-order valence-corrected chi connectivity index (χ3v) is 2.91. The molecule has 0 radical (unpaired) electrons. The molecule has 0 atom stereocenters. The van der Waals surface area contributed by atoms with Crippen LogP contribution in [0, 0.1) is 0 Å². The lowest BCUT2D eigenvalue weighted by atomic mass is 10.2. The minimum atomic E-state index is -0.267. The highest BCUT2D eigenvalue weighted by molar-refractivity contribution is 5.96. The topological polar surface area (TPSA) is 86.7 Å². The lowest BCUT2D eigenvalue weighted by Crippen LogP contribution is -2.31. The van der Waals surface area contributed by atoms with Gasteiger partial charge in [-0.05, 0) is 30.3 Å². The summed E-state index contributed by atoms with van der Waals surface area (Å²) in [6, 6.07) is 10.4. The third kappa shape index (κ3) is 4.63. The monoisotopic (exact) mass is 311 g/mol. The van der Waals surface area contributed by atoms with E-state index in [1.54, 1.807) is 48.8 Å². The normalized spacial score (nSPS) is 9.78. The second kappa shape index (κ2) is 7.69. The van der Waals surface area contributed by atoms with Gasteiger partial charge in [-0.2, -0.15) is 10.1 Å². The molecule has 0 saturated heterocycles. The fourth-order valence-corrected chi connectivity index (χ4v) is 1.95. The van der Waals surface area contributed by atoms with Gasteiger partial charge < -0.3 is 10.6 Å². The first-order valence-corrected chi connectivity index (χ1v) is 6.91. The van der Waals surface area contributed by atoms with Crippen LogP contribution in [0.25, 0.3) is 0 Å². The number of carbonyl (C=O) groups is 2. The van der Waals surface area contributed by atoms with Gasteiger partial charge in [0.2, 0.25) is 5.91 Å². The molecular formula is C16H17N5O2. The Bertz CT molecular complexity index is 703. The number of pyridine rings is 1. The van der Waals surface area contributed by atoms with Crippen LogP contribution in [0.15, 0.2) is 53.9 Å². The molecule has 0 saturated carbocycles. The number of hydrazone groups is 1. The van der Waals surface area contributed by atoms with E-state index in [2.05, 4.69) is 27.4 Å². The summed E-state index contributed by atoms with van der Waals surface area (Å²) in [5.41, 5.74) is 1.96. The Morgan fingerprint density at radius 1 is 1.22 bits per heavy atom. The number of hydrogen-bond acceptors (Lipinski definition) is 5. The van der Waals surface area contributed by atoms with E-state index in [-0.39, 0.29) is 18.4 Å². The number of hydrogen-bond donors (Lipinski definition) is 2. The van der Waals surface area contributed by atoms with Crippen molar-refractivity contribution in [3.63, 3.8) is 0 Å². The molecule has 0 aliphatic heterocycles. The summed E-state index contributed by atoms with van der Waals surface area (Å²) in [5, 5.41) is 10.6. The highest BCUT2D eigenvalue weighted by atomic mass is 16.2. The van der Waals surface area contributed by atoms with E-state index in [1.807, 2.05) is 0 Å². The van der Waals surface area contributed by atoms with E-state index in [1.165, 1.54) is 11.9 Å². The first-order chi connectivity index (χ1) is 11.1. The van der Waals surface area contributed by atoms with Gasteiger partial charge in [-0.25, -0.2) is 0 Å². The number of benzene rings is 1. The fourth-order valence-electron chi connectivity index (χ4n) is 1.95. The molecule has 2 amide bonds. The molecule has 1 aromatic heterocycles. The Morgan fingerprint density at radius 2 is 1.91 bits per heavy atom. The average molecular weight is 311 g/mol. The van der Waals surface area contributed by atoms with Gasteiger partial charge in [0.1, 0.15) is 0 Å². The van der Waals surface area contributed by atoms with Crippen molar-refractivity contribution in [2.75, 3.05) is 22.2 Å². The van der Waals surface area contributed by atoms with Crippen LogP contribution < -0.4 is 15.6 Å². The van der Waals surface area contributed by atoms with Crippen molar-refractivity contribution in [3.8, 4) is 0 Å². The van der Waals surface area contributed by atoms with Crippen molar-refractivity contribution < 1.29 is 9.59 Å². The van der Waals surface area contributed by atoms with Gasteiger partial charge in [-0.1, -0.05) is 6.07 Å². The maximum atomic E-state index is 12.3. The fraction of sp³-hybridized carbons (Fsp3) is 0.125. The van der Waals surface area contributed by atoms with Crippen LogP contribution in [0.4, 0.5) is 17.1 Å². The molecule has 0 fully saturated rings. The number of nitrogens with zero attached hydrogens (tertiary/aromatic N) is 3. The van der Waals surface area contributed by atoms with Crippen LogP contribution >= 0.6 is 0 Å². The number of nitrogens with one attached hydrogen (secondary N) is 2. The summed E-state index contributed by atoms with van der Waals surface area (Å²) in [5.74, 6) is -0.422. The summed E-state index contributed by atoms with van der Waals surface area (Å²) in [6.07, 6.45) is 3.15. The molecule has 7 heteroatoms. The van der Waals surface area contributed by atoms with Gasteiger partial charge in [0, 0.05) is 37.4 Å². The summed E-state index contributed by atoms with van der Waals surface area (Å²) in [4.78, 5) is 27.2. The highest BCUT2D eigenvalue weighted by Gasteiger charge is 2.13. The van der Waals surface area contributed by atoms with E-state index in [0.29, 0.717) is 17.1 Å². The first kappa shape index (κ1) is 16.2. The minimum absolute atomic E-state index is 0.0326. The zero-order valence-electron chi connectivity index (χ0n) is 12.7. The van der Waals surface area contributed by atoms with E-state index in [4.69, 9.17) is 0 Å². The van der Waals surface area contributed by atoms with E-state index in [9.17, 15) is 9.59 Å². The van der Waals surface area contributed by atoms with Gasteiger partial charge in [-0.15, -0.1) is 0 Å². The Kier molecular flexibility index (Phi) is 5.40. The van der Waals surface area contributed by atoms with Crippen LogP contribution in [0.3, 0.4) is 0 Å². The van der Waals surface area contributed by atoms with Crippen molar-refractivity contribution in [1.29, 1.82) is 0 Å². The number of carbonyl (C=O) groups excluding carboxylic acids is 2. The minimum Gasteiger partial charge on any atom is -0.376 e. The molecule has 0 unspecified atom stereocenters. The lowest BCUT2D eigenvalue weighted by molar-refractivity contribution is -0.117. The molecule has 0 bridgehead atoms. The molecule has 118 valence electrons. The number of anilines is 3. The maximum Gasteiger partial charge on any atom is 0.266 e. The van der Waals surface area contributed by atoms with Crippen LogP contribution in [0.2, 0.25) is 0 Å². The Morgan fingerprint density at radius 3 is 2.57 bits per heavy atom. The Hall–Kier alpha value is -3.22. The zero-order valence-corrected chi connectivity index (χ0v) is 12.7. The second-order valence-electron chi connectivity index (χ2n) is 4.67. The standard InChI is InChI=1S/C16H17N5O2/c1-12(22)20-14-5-3-4-13(10-14)19-11-16(23)21(17-2)15-6-8-18-9-7-15/h3-10,19H,2,11H2,1H3,(H,20,22). The molecule has 1 aromatic carbocycles. The second-order valence-corrected chi connectivity index (χ2v) is 4.67. The molecule has 2 N–H and O–H groups in total. The molecule has 0 aliphatic rings.